The maximum atomic E-state index is 12.0. The zero-order valence-electron chi connectivity index (χ0n) is 13.2. The van der Waals surface area contributed by atoms with Gasteiger partial charge in [-0.25, -0.2) is 0 Å². The first-order valence-electron chi connectivity index (χ1n) is 7.71. The van der Waals surface area contributed by atoms with Crippen LogP contribution in [0.1, 0.15) is 56.8 Å². The first-order valence-corrected chi connectivity index (χ1v) is 7.71. The zero-order valence-corrected chi connectivity index (χ0v) is 13.2. The predicted octanol–water partition coefficient (Wildman–Crippen LogP) is 2.89. The van der Waals surface area contributed by atoms with E-state index in [1.165, 1.54) is 12.8 Å². The summed E-state index contributed by atoms with van der Waals surface area (Å²) in [5, 5.41) is 5.66. The number of rotatable bonds is 8. The summed E-state index contributed by atoms with van der Waals surface area (Å²) in [7, 11) is 0. The second-order valence-corrected chi connectivity index (χ2v) is 5.47. The molecule has 1 aromatic rings. The number of amides is 2. The van der Waals surface area contributed by atoms with Crippen LogP contribution in [0.5, 0.6) is 0 Å². The van der Waals surface area contributed by atoms with Gasteiger partial charge in [-0.15, -0.1) is 0 Å². The van der Waals surface area contributed by atoms with E-state index in [0.29, 0.717) is 5.56 Å². The number of unbranched alkanes of at least 4 members (excludes halogenated alkanes) is 2. The number of carbonyl (C=O) groups is 2. The maximum absolute atomic E-state index is 12.0. The van der Waals surface area contributed by atoms with Gasteiger partial charge in [-0.2, -0.15) is 0 Å². The SMILES string of the molecule is CCCCCC(C)NC(=O)C(C)NC(=O)c1ccccc1. The monoisotopic (exact) mass is 290 g/mol. The molecular formula is C17H26N2O2. The third-order valence-electron chi connectivity index (χ3n) is 3.41. The third kappa shape index (κ3) is 6.43. The fourth-order valence-corrected chi connectivity index (χ4v) is 2.08. The van der Waals surface area contributed by atoms with Crippen molar-refractivity contribution >= 4 is 11.8 Å². The highest BCUT2D eigenvalue weighted by molar-refractivity contribution is 5.97. The molecule has 0 aliphatic heterocycles. The molecule has 0 aliphatic carbocycles. The van der Waals surface area contributed by atoms with Crippen LogP contribution >= 0.6 is 0 Å². The molecule has 1 aromatic carbocycles. The Balaban J connectivity index is 2.39. The molecule has 0 aromatic heterocycles. The van der Waals surface area contributed by atoms with Gasteiger partial charge in [0, 0.05) is 11.6 Å². The Kier molecular flexibility index (Phi) is 7.51. The van der Waals surface area contributed by atoms with Gasteiger partial charge in [-0.3, -0.25) is 9.59 Å². The smallest absolute Gasteiger partial charge is 0.251 e. The van der Waals surface area contributed by atoms with Crippen molar-refractivity contribution in [2.45, 2.75) is 58.5 Å². The Morgan fingerprint density at radius 3 is 2.33 bits per heavy atom. The van der Waals surface area contributed by atoms with Gasteiger partial charge in [-0.1, -0.05) is 44.4 Å². The fourth-order valence-electron chi connectivity index (χ4n) is 2.08. The van der Waals surface area contributed by atoms with Crippen LogP contribution < -0.4 is 10.6 Å². The van der Waals surface area contributed by atoms with Gasteiger partial charge < -0.3 is 10.6 Å². The molecule has 0 spiro atoms. The summed E-state index contributed by atoms with van der Waals surface area (Å²) in [4.78, 5) is 24.0. The van der Waals surface area contributed by atoms with Gasteiger partial charge in [0.25, 0.3) is 5.91 Å². The van der Waals surface area contributed by atoms with E-state index in [9.17, 15) is 9.59 Å². The van der Waals surface area contributed by atoms with E-state index in [4.69, 9.17) is 0 Å². The summed E-state index contributed by atoms with van der Waals surface area (Å²) in [6, 6.07) is 8.52. The van der Waals surface area contributed by atoms with E-state index in [-0.39, 0.29) is 17.9 Å². The quantitative estimate of drug-likeness (QED) is 0.723. The Labute approximate surface area is 127 Å². The lowest BCUT2D eigenvalue weighted by Crippen LogP contribution is -2.47. The molecule has 0 bridgehead atoms. The van der Waals surface area contributed by atoms with Crippen molar-refractivity contribution in [2.24, 2.45) is 0 Å². The van der Waals surface area contributed by atoms with Crippen molar-refractivity contribution in [3.05, 3.63) is 35.9 Å². The van der Waals surface area contributed by atoms with Gasteiger partial charge in [0.05, 0.1) is 0 Å². The van der Waals surface area contributed by atoms with Crippen molar-refractivity contribution in [3.8, 4) is 0 Å². The molecule has 1 rings (SSSR count). The molecule has 21 heavy (non-hydrogen) atoms. The lowest BCUT2D eigenvalue weighted by Gasteiger charge is -2.18. The zero-order chi connectivity index (χ0) is 15.7. The molecule has 2 unspecified atom stereocenters. The van der Waals surface area contributed by atoms with E-state index in [2.05, 4.69) is 17.6 Å². The minimum absolute atomic E-state index is 0.136. The standard InChI is InChI=1S/C17H26N2O2/c1-4-5-7-10-13(2)18-16(20)14(3)19-17(21)15-11-8-6-9-12-15/h6,8-9,11-14H,4-5,7,10H2,1-3H3,(H,18,20)(H,19,21). The molecule has 0 fully saturated rings. The molecule has 0 saturated heterocycles. The van der Waals surface area contributed by atoms with Gasteiger partial charge in [0.1, 0.15) is 6.04 Å². The lowest BCUT2D eigenvalue weighted by molar-refractivity contribution is -0.123. The molecule has 0 aliphatic rings. The van der Waals surface area contributed by atoms with E-state index in [1.54, 1.807) is 31.2 Å². The largest absolute Gasteiger partial charge is 0.352 e. The normalized spacial score (nSPS) is 13.3. The van der Waals surface area contributed by atoms with Crippen molar-refractivity contribution in [1.82, 2.24) is 10.6 Å². The van der Waals surface area contributed by atoms with Gasteiger partial charge in [0.15, 0.2) is 0 Å². The molecule has 4 heteroatoms. The van der Waals surface area contributed by atoms with Crippen molar-refractivity contribution in [2.75, 3.05) is 0 Å². The molecule has 2 N–H and O–H groups in total. The summed E-state index contributed by atoms with van der Waals surface area (Å²) in [6.07, 6.45) is 4.44. The van der Waals surface area contributed by atoms with E-state index < -0.39 is 6.04 Å². The maximum Gasteiger partial charge on any atom is 0.251 e. The molecule has 0 radical (unpaired) electrons. The highest BCUT2D eigenvalue weighted by Crippen LogP contribution is 2.03. The number of nitrogens with one attached hydrogen (secondary N) is 2. The van der Waals surface area contributed by atoms with Gasteiger partial charge >= 0.3 is 0 Å². The molecular weight excluding hydrogens is 264 g/mol. The van der Waals surface area contributed by atoms with Gasteiger partial charge in [0.2, 0.25) is 5.91 Å². The van der Waals surface area contributed by atoms with Crippen LogP contribution in [-0.4, -0.2) is 23.9 Å². The molecule has 0 heterocycles. The van der Waals surface area contributed by atoms with Crippen LogP contribution in [-0.2, 0) is 4.79 Å². The van der Waals surface area contributed by atoms with Crippen molar-refractivity contribution in [3.63, 3.8) is 0 Å². The molecule has 2 amide bonds. The predicted molar refractivity (Wildman–Crippen MR) is 85.1 cm³/mol. The van der Waals surface area contributed by atoms with Crippen LogP contribution in [0.25, 0.3) is 0 Å². The van der Waals surface area contributed by atoms with E-state index >= 15 is 0 Å². The fraction of sp³-hybridized carbons (Fsp3) is 0.529. The Hall–Kier alpha value is -1.84. The van der Waals surface area contributed by atoms with Crippen LogP contribution in [0.4, 0.5) is 0 Å². The third-order valence-corrected chi connectivity index (χ3v) is 3.41. The van der Waals surface area contributed by atoms with Crippen LogP contribution in [0, 0.1) is 0 Å². The number of hydrogen-bond donors (Lipinski definition) is 2. The van der Waals surface area contributed by atoms with E-state index in [0.717, 1.165) is 12.8 Å². The summed E-state index contributed by atoms with van der Waals surface area (Å²) < 4.78 is 0. The topological polar surface area (TPSA) is 58.2 Å². The lowest BCUT2D eigenvalue weighted by atomic mass is 10.1. The average molecular weight is 290 g/mol. The van der Waals surface area contributed by atoms with Crippen molar-refractivity contribution < 1.29 is 9.59 Å². The Morgan fingerprint density at radius 1 is 1.05 bits per heavy atom. The second kappa shape index (κ2) is 9.16. The van der Waals surface area contributed by atoms with E-state index in [1.807, 2.05) is 13.0 Å². The summed E-state index contributed by atoms with van der Waals surface area (Å²) in [5.41, 5.74) is 0.563. The van der Waals surface area contributed by atoms with Crippen molar-refractivity contribution in [1.29, 1.82) is 0 Å². The minimum Gasteiger partial charge on any atom is -0.352 e. The van der Waals surface area contributed by atoms with Crippen LogP contribution in [0.2, 0.25) is 0 Å². The number of benzene rings is 1. The number of carbonyl (C=O) groups excluding carboxylic acids is 2. The Bertz CT molecular complexity index is 445. The summed E-state index contributed by atoms with van der Waals surface area (Å²) in [6.45, 7) is 5.86. The first-order chi connectivity index (χ1) is 10.0. The average Bonchev–Trinajstić information content (AvgIpc) is 2.48. The summed E-state index contributed by atoms with van der Waals surface area (Å²) in [5.74, 6) is -0.361. The number of hydrogen-bond acceptors (Lipinski definition) is 2. The molecule has 2 atom stereocenters. The van der Waals surface area contributed by atoms with Gasteiger partial charge in [-0.05, 0) is 32.4 Å². The van der Waals surface area contributed by atoms with Crippen LogP contribution in [0.15, 0.2) is 30.3 Å². The first kappa shape index (κ1) is 17.2. The molecule has 4 nitrogen and oxygen atoms in total. The Morgan fingerprint density at radius 2 is 1.71 bits per heavy atom. The molecule has 116 valence electrons. The van der Waals surface area contributed by atoms with Crippen LogP contribution in [0.3, 0.4) is 0 Å². The second-order valence-electron chi connectivity index (χ2n) is 5.47. The minimum atomic E-state index is -0.536. The highest BCUT2D eigenvalue weighted by Gasteiger charge is 2.17. The molecule has 0 saturated carbocycles. The highest BCUT2D eigenvalue weighted by atomic mass is 16.2. The summed E-state index contributed by atoms with van der Waals surface area (Å²) >= 11 is 0.